The van der Waals surface area contributed by atoms with Gasteiger partial charge in [0.2, 0.25) is 0 Å². The Balaban J connectivity index is 2.26. The van der Waals surface area contributed by atoms with Crippen LogP contribution in [0.2, 0.25) is 0 Å². The molecule has 0 saturated carbocycles. The van der Waals surface area contributed by atoms with E-state index in [4.69, 9.17) is 14.2 Å². The Kier molecular flexibility index (Phi) is 9.68. The van der Waals surface area contributed by atoms with Crippen molar-refractivity contribution in [2.24, 2.45) is 11.8 Å². The minimum atomic E-state index is -0.493. The number of hydrogen-bond donors (Lipinski definition) is 0. The predicted octanol–water partition coefficient (Wildman–Crippen LogP) is 5.10. The molecule has 1 fully saturated rings. The first-order valence-electron chi connectivity index (χ1n) is 11.9. The summed E-state index contributed by atoms with van der Waals surface area (Å²) in [4.78, 5) is 36.7. The highest BCUT2D eigenvalue weighted by Crippen LogP contribution is 2.38. The summed E-state index contributed by atoms with van der Waals surface area (Å²) in [6.45, 7) is 11.6. The van der Waals surface area contributed by atoms with Crippen LogP contribution in [0.3, 0.4) is 0 Å². The predicted molar refractivity (Wildman–Crippen MR) is 123 cm³/mol. The van der Waals surface area contributed by atoms with Gasteiger partial charge < -0.3 is 14.2 Å². The van der Waals surface area contributed by atoms with Crippen LogP contribution in [0.4, 0.5) is 0 Å². The number of hydrogen-bond acceptors (Lipinski definition) is 6. The fraction of sp³-hybridized carbons (Fsp3) is 0.731. The third kappa shape index (κ3) is 8.19. The van der Waals surface area contributed by atoms with Gasteiger partial charge in [-0.3, -0.25) is 9.59 Å². The third-order valence-electron chi connectivity index (χ3n) is 6.31. The van der Waals surface area contributed by atoms with Crippen LogP contribution < -0.4 is 0 Å². The maximum atomic E-state index is 12.5. The van der Waals surface area contributed by atoms with Crippen molar-refractivity contribution in [3.05, 3.63) is 23.8 Å². The highest BCUT2D eigenvalue weighted by molar-refractivity contribution is 5.82. The molecule has 0 unspecified atom stereocenters. The van der Waals surface area contributed by atoms with E-state index >= 15 is 0 Å². The van der Waals surface area contributed by atoms with Crippen molar-refractivity contribution >= 4 is 17.7 Å². The molecule has 0 amide bonds. The minimum absolute atomic E-state index is 0.0109. The Morgan fingerprint density at radius 2 is 1.91 bits per heavy atom. The van der Waals surface area contributed by atoms with Crippen molar-refractivity contribution in [1.29, 1.82) is 0 Å². The molecule has 1 saturated heterocycles. The number of ketones is 1. The molecule has 6 atom stereocenters. The van der Waals surface area contributed by atoms with Crippen LogP contribution in [-0.4, -0.2) is 41.6 Å². The quantitative estimate of drug-likeness (QED) is 0.440. The van der Waals surface area contributed by atoms with Gasteiger partial charge >= 0.3 is 11.9 Å². The number of fused-ring (bicyclic) bond motifs is 1. The molecule has 2 heterocycles. The lowest BCUT2D eigenvalue weighted by Gasteiger charge is -2.24. The molecule has 0 aromatic carbocycles. The van der Waals surface area contributed by atoms with Gasteiger partial charge in [0.15, 0.2) is 0 Å². The average molecular weight is 449 g/mol. The molecular formula is C26H40O6. The number of carbonyl (C=O) groups excluding carboxylic acids is 3. The van der Waals surface area contributed by atoms with E-state index < -0.39 is 12.1 Å². The Morgan fingerprint density at radius 1 is 1.19 bits per heavy atom. The highest BCUT2D eigenvalue weighted by Gasteiger charge is 2.44. The minimum Gasteiger partial charge on any atom is -0.461 e. The van der Waals surface area contributed by atoms with Gasteiger partial charge in [0, 0.05) is 24.8 Å². The lowest BCUT2D eigenvalue weighted by atomic mass is 9.93. The van der Waals surface area contributed by atoms with Gasteiger partial charge in [0.25, 0.3) is 0 Å². The first-order valence-corrected chi connectivity index (χ1v) is 11.9. The van der Waals surface area contributed by atoms with Crippen LogP contribution in [0, 0.1) is 11.8 Å². The van der Waals surface area contributed by atoms with E-state index in [-0.39, 0.29) is 54.2 Å². The summed E-state index contributed by atoms with van der Waals surface area (Å²) in [6, 6.07) is 0. The summed E-state index contributed by atoms with van der Waals surface area (Å²) in [5, 5.41) is 0. The van der Waals surface area contributed by atoms with Gasteiger partial charge in [-0.15, -0.1) is 0 Å². The fourth-order valence-electron chi connectivity index (χ4n) is 4.71. The SMILES string of the molecule is CCC[C@]1(C)C[C@H]2OC(=O)/C=C\[C@@H](C)CC(=O)O[C@@H](CC(C)=O)[C@H](C)/C=C(/C)CC[C@@H]2O1. The molecule has 0 bridgehead atoms. The second kappa shape index (κ2) is 11.8. The van der Waals surface area contributed by atoms with Crippen molar-refractivity contribution in [3.63, 3.8) is 0 Å². The van der Waals surface area contributed by atoms with Crippen molar-refractivity contribution in [3.8, 4) is 0 Å². The highest BCUT2D eigenvalue weighted by atomic mass is 16.6. The maximum Gasteiger partial charge on any atom is 0.330 e. The van der Waals surface area contributed by atoms with Crippen molar-refractivity contribution in [1.82, 2.24) is 0 Å². The smallest absolute Gasteiger partial charge is 0.330 e. The standard InChI is InChI=1S/C26H40O6/c1-7-12-26(6)16-23-21(32-26)10-8-17(2)13-19(4)22(15-20(5)27)30-25(29)14-18(3)9-11-24(28)31-23/h9,11,13,18-19,21-23H,7-8,10,12,14-16H2,1-6H3/b11-9-,17-13-/t18-,19-,21+,22+,23-,26-/m1/s1. The summed E-state index contributed by atoms with van der Waals surface area (Å²) >= 11 is 0. The van der Waals surface area contributed by atoms with E-state index in [0.717, 1.165) is 31.3 Å². The van der Waals surface area contributed by atoms with E-state index in [1.54, 1.807) is 6.08 Å². The largest absolute Gasteiger partial charge is 0.461 e. The van der Waals surface area contributed by atoms with E-state index in [2.05, 4.69) is 19.9 Å². The molecule has 180 valence electrons. The zero-order chi connectivity index (χ0) is 23.9. The number of Topliss-reactive ketones (excluding diaryl/α,β-unsaturated/α-hetero) is 1. The second-order valence-corrected chi connectivity index (χ2v) is 9.92. The van der Waals surface area contributed by atoms with Gasteiger partial charge in [-0.1, -0.05) is 44.9 Å². The molecule has 0 aliphatic carbocycles. The van der Waals surface area contributed by atoms with Gasteiger partial charge in [-0.05, 0) is 46.0 Å². The van der Waals surface area contributed by atoms with Crippen LogP contribution in [0.5, 0.6) is 0 Å². The third-order valence-corrected chi connectivity index (χ3v) is 6.31. The van der Waals surface area contributed by atoms with Gasteiger partial charge in [-0.2, -0.15) is 0 Å². The molecule has 6 nitrogen and oxygen atoms in total. The lowest BCUT2D eigenvalue weighted by Crippen LogP contribution is -2.28. The van der Waals surface area contributed by atoms with Crippen LogP contribution in [0.1, 0.15) is 86.5 Å². The van der Waals surface area contributed by atoms with Gasteiger partial charge in [0.1, 0.15) is 18.0 Å². The van der Waals surface area contributed by atoms with E-state index in [1.807, 2.05) is 20.8 Å². The van der Waals surface area contributed by atoms with Crippen molar-refractivity contribution < 1.29 is 28.6 Å². The number of rotatable bonds is 4. The van der Waals surface area contributed by atoms with Crippen LogP contribution in [0.25, 0.3) is 0 Å². The van der Waals surface area contributed by atoms with Crippen LogP contribution >= 0.6 is 0 Å². The van der Waals surface area contributed by atoms with E-state index in [9.17, 15) is 14.4 Å². The summed E-state index contributed by atoms with van der Waals surface area (Å²) in [5.74, 6) is -1.05. The zero-order valence-corrected chi connectivity index (χ0v) is 20.5. The first kappa shape index (κ1) is 26.3. The van der Waals surface area contributed by atoms with Gasteiger partial charge in [0.05, 0.1) is 18.1 Å². The molecule has 6 heteroatoms. The normalized spacial score (nSPS) is 37.6. The number of allylic oxidation sites excluding steroid dienone is 2. The molecular weight excluding hydrogens is 408 g/mol. The van der Waals surface area contributed by atoms with Crippen molar-refractivity contribution in [2.45, 2.75) is 110 Å². The number of carbonyl (C=O) groups is 3. The molecule has 0 radical (unpaired) electrons. The molecule has 2 aliphatic rings. The van der Waals surface area contributed by atoms with Gasteiger partial charge in [-0.25, -0.2) is 4.79 Å². The molecule has 0 aromatic rings. The summed E-state index contributed by atoms with van der Waals surface area (Å²) < 4.78 is 17.8. The maximum absolute atomic E-state index is 12.5. The zero-order valence-electron chi connectivity index (χ0n) is 20.5. The molecule has 2 rings (SSSR count). The summed E-state index contributed by atoms with van der Waals surface area (Å²) in [5.41, 5.74) is 0.849. The van der Waals surface area contributed by atoms with Crippen LogP contribution in [0.15, 0.2) is 23.8 Å². The molecule has 0 N–H and O–H groups in total. The van der Waals surface area contributed by atoms with Crippen LogP contribution in [-0.2, 0) is 28.6 Å². The molecule has 2 aliphatic heterocycles. The molecule has 0 aromatic heterocycles. The number of ether oxygens (including phenoxy) is 3. The Bertz CT molecular complexity index is 739. The first-order chi connectivity index (χ1) is 15.0. The Hall–Kier alpha value is -1.95. The lowest BCUT2D eigenvalue weighted by molar-refractivity contribution is -0.152. The van der Waals surface area contributed by atoms with E-state index in [1.165, 1.54) is 13.0 Å². The monoisotopic (exact) mass is 448 g/mol. The molecule has 0 spiro atoms. The van der Waals surface area contributed by atoms with E-state index in [0.29, 0.717) is 6.42 Å². The van der Waals surface area contributed by atoms with Crippen molar-refractivity contribution in [2.75, 3.05) is 0 Å². The fourth-order valence-corrected chi connectivity index (χ4v) is 4.71. The number of esters is 2. The Morgan fingerprint density at radius 3 is 2.56 bits per heavy atom. The summed E-state index contributed by atoms with van der Waals surface area (Å²) in [7, 11) is 0. The number of cyclic esters (lactones) is 1. The summed E-state index contributed by atoms with van der Waals surface area (Å²) in [6.07, 6.45) is 8.68. The second-order valence-electron chi connectivity index (χ2n) is 9.92. The molecule has 32 heavy (non-hydrogen) atoms. The average Bonchev–Trinajstić information content (AvgIpc) is 2.98. The Labute approximate surface area is 192 Å². The topological polar surface area (TPSA) is 78.9 Å².